The van der Waals surface area contributed by atoms with Crippen LogP contribution in [-0.4, -0.2) is 16.5 Å². The third-order valence-corrected chi connectivity index (χ3v) is 3.11. The second kappa shape index (κ2) is 4.44. The maximum Gasteiger partial charge on any atom is 0.111 e. The average Bonchev–Trinajstić information content (AvgIpc) is 2.60. The van der Waals surface area contributed by atoms with Gasteiger partial charge in [-0.2, -0.15) is 0 Å². The van der Waals surface area contributed by atoms with Crippen molar-refractivity contribution in [2.75, 3.05) is 6.54 Å². The van der Waals surface area contributed by atoms with Gasteiger partial charge in [-0.3, -0.25) is 0 Å². The lowest BCUT2D eigenvalue weighted by Crippen LogP contribution is -2.18. The number of nitrogens with zero attached hydrogens (tertiary/aromatic N) is 1. The Kier molecular flexibility index (Phi) is 3.17. The number of aromatic nitrogens is 2. The van der Waals surface area contributed by atoms with E-state index in [-0.39, 0.29) is 5.92 Å². The number of aromatic amines is 1. The van der Waals surface area contributed by atoms with Crippen molar-refractivity contribution >= 4 is 22.6 Å². The minimum Gasteiger partial charge on any atom is -0.342 e. The van der Waals surface area contributed by atoms with Crippen LogP contribution in [0.15, 0.2) is 18.2 Å². The van der Waals surface area contributed by atoms with Gasteiger partial charge in [-0.25, -0.2) is 4.98 Å². The third kappa shape index (κ3) is 2.06. The highest BCUT2D eigenvalue weighted by atomic mass is 35.5. The number of hydrogen-bond acceptors (Lipinski definition) is 2. The predicted octanol–water partition coefficient (Wildman–Crippen LogP) is 2.91. The summed E-state index contributed by atoms with van der Waals surface area (Å²) in [4.78, 5) is 7.85. The molecule has 86 valence electrons. The van der Waals surface area contributed by atoms with Crippen LogP contribution in [0.5, 0.6) is 0 Å². The number of rotatable bonds is 3. The molecular formula is C12H16ClN3. The number of nitrogens with one attached hydrogen (secondary N) is 1. The highest BCUT2D eigenvalue weighted by Crippen LogP contribution is 2.24. The van der Waals surface area contributed by atoms with Crippen LogP contribution in [0.3, 0.4) is 0 Å². The number of hydrogen-bond donors (Lipinski definition) is 2. The van der Waals surface area contributed by atoms with Crippen LogP contribution in [0.2, 0.25) is 5.02 Å². The summed E-state index contributed by atoms with van der Waals surface area (Å²) in [6, 6.07) is 5.66. The van der Waals surface area contributed by atoms with Gasteiger partial charge in [0.1, 0.15) is 5.82 Å². The van der Waals surface area contributed by atoms with Crippen LogP contribution < -0.4 is 5.73 Å². The molecule has 0 aliphatic carbocycles. The molecule has 1 atom stereocenters. The molecule has 2 aromatic rings. The van der Waals surface area contributed by atoms with Gasteiger partial charge in [-0.15, -0.1) is 0 Å². The largest absolute Gasteiger partial charge is 0.342 e. The number of halogens is 1. The summed E-state index contributed by atoms with van der Waals surface area (Å²) in [5.74, 6) is 1.70. The van der Waals surface area contributed by atoms with E-state index in [1.165, 1.54) is 0 Å². The van der Waals surface area contributed by atoms with Gasteiger partial charge < -0.3 is 10.7 Å². The molecule has 3 nitrogen and oxygen atoms in total. The van der Waals surface area contributed by atoms with Crippen molar-refractivity contribution in [3.8, 4) is 0 Å². The van der Waals surface area contributed by atoms with E-state index >= 15 is 0 Å². The topological polar surface area (TPSA) is 54.7 Å². The SMILES string of the molecule is CC(C)C(CN)c1nc2ccc(Cl)cc2[nH]1. The van der Waals surface area contributed by atoms with Crippen LogP contribution in [0.4, 0.5) is 0 Å². The van der Waals surface area contributed by atoms with Crippen LogP contribution in [0, 0.1) is 5.92 Å². The lowest BCUT2D eigenvalue weighted by molar-refractivity contribution is 0.488. The Balaban J connectivity index is 2.45. The zero-order chi connectivity index (χ0) is 11.7. The molecule has 16 heavy (non-hydrogen) atoms. The monoisotopic (exact) mass is 237 g/mol. The maximum atomic E-state index is 5.93. The van der Waals surface area contributed by atoms with Gasteiger partial charge >= 0.3 is 0 Å². The van der Waals surface area contributed by atoms with Crippen molar-refractivity contribution in [1.29, 1.82) is 0 Å². The van der Waals surface area contributed by atoms with Gasteiger partial charge in [-0.1, -0.05) is 25.4 Å². The zero-order valence-electron chi connectivity index (χ0n) is 9.50. The smallest absolute Gasteiger partial charge is 0.111 e. The minimum atomic E-state index is 0.270. The molecule has 0 saturated carbocycles. The summed E-state index contributed by atoms with van der Waals surface area (Å²) in [6.07, 6.45) is 0. The van der Waals surface area contributed by atoms with Gasteiger partial charge in [0.2, 0.25) is 0 Å². The predicted molar refractivity (Wildman–Crippen MR) is 67.7 cm³/mol. The van der Waals surface area contributed by atoms with Crippen LogP contribution in [0.25, 0.3) is 11.0 Å². The lowest BCUT2D eigenvalue weighted by atomic mass is 9.95. The molecule has 1 aromatic carbocycles. The Morgan fingerprint density at radius 2 is 2.19 bits per heavy atom. The van der Waals surface area contributed by atoms with Crippen LogP contribution in [-0.2, 0) is 0 Å². The quantitative estimate of drug-likeness (QED) is 0.863. The molecule has 0 aliphatic heterocycles. The Bertz CT molecular complexity index is 490. The fourth-order valence-corrected chi connectivity index (χ4v) is 2.05. The maximum absolute atomic E-state index is 5.93. The first-order chi connectivity index (χ1) is 7.61. The molecule has 3 N–H and O–H groups in total. The summed E-state index contributed by atoms with van der Waals surface area (Å²) < 4.78 is 0. The molecule has 1 aromatic heterocycles. The second-order valence-electron chi connectivity index (χ2n) is 4.37. The van der Waals surface area contributed by atoms with Crippen LogP contribution >= 0.6 is 11.6 Å². The molecule has 0 aliphatic rings. The molecule has 1 unspecified atom stereocenters. The van der Waals surface area contributed by atoms with E-state index in [9.17, 15) is 0 Å². The molecular weight excluding hydrogens is 222 g/mol. The number of benzene rings is 1. The normalized spacial score (nSPS) is 13.6. The van der Waals surface area contributed by atoms with Gasteiger partial charge in [0.25, 0.3) is 0 Å². The minimum absolute atomic E-state index is 0.270. The van der Waals surface area contributed by atoms with E-state index in [2.05, 4.69) is 23.8 Å². The first-order valence-corrected chi connectivity index (χ1v) is 5.85. The van der Waals surface area contributed by atoms with Crippen molar-refractivity contribution in [3.63, 3.8) is 0 Å². The van der Waals surface area contributed by atoms with Crippen molar-refractivity contribution in [2.45, 2.75) is 19.8 Å². The zero-order valence-corrected chi connectivity index (χ0v) is 10.3. The Hall–Kier alpha value is -1.06. The molecule has 0 spiro atoms. The molecule has 0 amide bonds. The average molecular weight is 238 g/mol. The van der Waals surface area contributed by atoms with Crippen LogP contribution in [0.1, 0.15) is 25.6 Å². The fraction of sp³-hybridized carbons (Fsp3) is 0.417. The van der Waals surface area contributed by atoms with Gasteiger partial charge in [0, 0.05) is 17.5 Å². The Labute approximate surface area is 100 Å². The summed E-state index contributed by atoms with van der Waals surface area (Å²) in [6.45, 7) is 4.90. The summed E-state index contributed by atoms with van der Waals surface area (Å²) in [5, 5.41) is 0.719. The number of fused-ring (bicyclic) bond motifs is 1. The second-order valence-corrected chi connectivity index (χ2v) is 4.81. The standard InChI is InChI=1S/C12H16ClN3/c1-7(2)9(6-14)12-15-10-4-3-8(13)5-11(10)16-12/h3-5,7,9H,6,14H2,1-2H3,(H,15,16). The molecule has 0 saturated heterocycles. The van der Waals surface area contributed by atoms with E-state index in [4.69, 9.17) is 17.3 Å². The molecule has 4 heteroatoms. The van der Waals surface area contributed by atoms with Gasteiger partial charge in [-0.05, 0) is 24.1 Å². The Morgan fingerprint density at radius 1 is 1.44 bits per heavy atom. The summed E-state index contributed by atoms with van der Waals surface area (Å²) in [7, 11) is 0. The highest BCUT2D eigenvalue weighted by Gasteiger charge is 2.17. The van der Waals surface area contributed by atoms with E-state index in [0.29, 0.717) is 12.5 Å². The first kappa shape index (κ1) is 11.4. The number of H-pyrrole nitrogens is 1. The summed E-state index contributed by atoms with van der Waals surface area (Å²) >= 11 is 5.93. The highest BCUT2D eigenvalue weighted by molar-refractivity contribution is 6.31. The van der Waals surface area contributed by atoms with Gasteiger partial charge in [0.05, 0.1) is 11.0 Å². The van der Waals surface area contributed by atoms with Crippen molar-refractivity contribution < 1.29 is 0 Å². The van der Waals surface area contributed by atoms with Gasteiger partial charge in [0.15, 0.2) is 0 Å². The molecule has 0 bridgehead atoms. The summed E-state index contributed by atoms with van der Waals surface area (Å²) in [5.41, 5.74) is 7.69. The van der Waals surface area contributed by atoms with Crippen molar-refractivity contribution in [3.05, 3.63) is 29.0 Å². The van der Waals surface area contributed by atoms with E-state index in [0.717, 1.165) is 21.9 Å². The van der Waals surface area contributed by atoms with Crippen molar-refractivity contribution in [2.24, 2.45) is 11.7 Å². The molecule has 0 fully saturated rings. The number of nitrogens with two attached hydrogens (primary N) is 1. The Morgan fingerprint density at radius 3 is 2.81 bits per heavy atom. The van der Waals surface area contributed by atoms with Crippen molar-refractivity contribution in [1.82, 2.24) is 9.97 Å². The van der Waals surface area contributed by atoms with E-state index in [1.54, 1.807) is 0 Å². The fourth-order valence-electron chi connectivity index (χ4n) is 1.88. The van der Waals surface area contributed by atoms with E-state index in [1.807, 2.05) is 18.2 Å². The first-order valence-electron chi connectivity index (χ1n) is 5.47. The molecule has 0 radical (unpaired) electrons. The molecule has 1 heterocycles. The third-order valence-electron chi connectivity index (χ3n) is 2.87. The number of imidazole rings is 1. The lowest BCUT2D eigenvalue weighted by Gasteiger charge is -2.15. The van der Waals surface area contributed by atoms with E-state index < -0.39 is 0 Å². The molecule has 2 rings (SSSR count).